The third-order valence-corrected chi connectivity index (χ3v) is 8.34. The molecule has 0 amide bonds. The molecule has 0 aromatic heterocycles. The number of aliphatic carboxylic acids is 1. The van der Waals surface area contributed by atoms with Gasteiger partial charge in [-0.1, -0.05) is 36.3 Å². The maximum atomic E-state index is 14.2. The van der Waals surface area contributed by atoms with Crippen LogP contribution in [-0.2, 0) is 21.2 Å². The summed E-state index contributed by atoms with van der Waals surface area (Å²) in [6.45, 7) is 0. The van der Waals surface area contributed by atoms with E-state index in [0.29, 0.717) is 12.0 Å². The molecule has 0 radical (unpaired) electrons. The van der Waals surface area contributed by atoms with Gasteiger partial charge in [0, 0.05) is 0 Å². The second-order valence-electron chi connectivity index (χ2n) is 8.69. The highest BCUT2D eigenvalue weighted by Gasteiger charge is 2.32. The molecule has 1 fully saturated rings. The summed E-state index contributed by atoms with van der Waals surface area (Å²) >= 11 is 0. The molecule has 2 unspecified atom stereocenters. The molecule has 2 N–H and O–H groups in total. The zero-order valence-corrected chi connectivity index (χ0v) is 18.9. The van der Waals surface area contributed by atoms with E-state index in [2.05, 4.69) is 10.8 Å². The molecule has 0 heterocycles. The summed E-state index contributed by atoms with van der Waals surface area (Å²) in [5.41, 5.74) is 4.55. The van der Waals surface area contributed by atoms with Gasteiger partial charge in [-0.05, 0) is 91.5 Å². The number of hydrogen-bond acceptors (Lipinski definition) is 3. The first-order chi connectivity index (χ1) is 15.3. The summed E-state index contributed by atoms with van der Waals surface area (Å²) in [6, 6.07) is 11.8. The molecule has 0 bridgehead atoms. The highest BCUT2D eigenvalue weighted by molar-refractivity contribution is 7.89. The highest BCUT2D eigenvalue weighted by atomic mass is 32.2. The van der Waals surface area contributed by atoms with Crippen molar-refractivity contribution in [2.75, 3.05) is 7.05 Å². The van der Waals surface area contributed by atoms with Crippen molar-refractivity contribution in [1.82, 2.24) is 4.72 Å². The zero-order valence-electron chi connectivity index (χ0n) is 18.1. The predicted octanol–water partition coefficient (Wildman–Crippen LogP) is 4.88. The van der Waals surface area contributed by atoms with Crippen LogP contribution >= 0.6 is 0 Å². The summed E-state index contributed by atoms with van der Waals surface area (Å²) in [4.78, 5) is 11.9. The number of halogens is 1. The summed E-state index contributed by atoms with van der Waals surface area (Å²) in [6.07, 6.45) is 4.83. The lowest BCUT2D eigenvalue weighted by molar-refractivity contribution is -0.135. The Morgan fingerprint density at radius 3 is 2.62 bits per heavy atom. The maximum absolute atomic E-state index is 14.2. The first-order valence-electron chi connectivity index (χ1n) is 11.0. The Bertz CT molecular complexity index is 1170. The molecule has 2 aromatic rings. The molecule has 1 saturated carbocycles. The average Bonchev–Trinajstić information content (AvgIpc) is 3.05. The van der Waals surface area contributed by atoms with Crippen LogP contribution in [0.5, 0.6) is 0 Å². The number of aryl methyl sites for hydroxylation is 1. The van der Waals surface area contributed by atoms with Crippen molar-refractivity contribution < 1.29 is 22.7 Å². The quantitative estimate of drug-likeness (QED) is 0.670. The fourth-order valence-corrected chi connectivity index (χ4v) is 6.36. The van der Waals surface area contributed by atoms with Crippen molar-refractivity contribution in [3.05, 3.63) is 70.5 Å². The van der Waals surface area contributed by atoms with Crippen molar-refractivity contribution in [3.63, 3.8) is 0 Å². The van der Waals surface area contributed by atoms with Crippen LogP contribution in [0.3, 0.4) is 0 Å². The molecule has 2 aliphatic carbocycles. The van der Waals surface area contributed by atoms with Gasteiger partial charge in [0.2, 0.25) is 10.0 Å². The minimum Gasteiger partial charge on any atom is -0.481 e. The number of benzene rings is 2. The minimum atomic E-state index is -3.75. The van der Waals surface area contributed by atoms with Crippen LogP contribution in [0.4, 0.5) is 4.39 Å². The number of fused-ring (bicyclic) bond motifs is 2. The highest BCUT2D eigenvalue weighted by Crippen LogP contribution is 2.46. The first-order valence-corrected chi connectivity index (χ1v) is 12.5. The van der Waals surface area contributed by atoms with E-state index in [-0.39, 0.29) is 23.2 Å². The SMILES string of the molecule is CNS(=O)(=O)c1ccc(F)cc1C1CCCC2CCc3ccccc3C(CC(=O)O)=C2C1. The molecule has 4 rings (SSSR count). The van der Waals surface area contributed by atoms with Crippen LogP contribution in [0.15, 0.2) is 52.9 Å². The average molecular weight is 458 g/mol. The van der Waals surface area contributed by atoms with E-state index in [0.717, 1.165) is 54.4 Å². The molecule has 0 spiro atoms. The Morgan fingerprint density at radius 1 is 1.12 bits per heavy atom. The summed E-state index contributed by atoms with van der Waals surface area (Å²) in [7, 11) is -2.40. The third kappa shape index (κ3) is 4.50. The Labute approximate surface area is 188 Å². The Balaban J connectivity index is 1.86. The summed E-state index contributed by atoms with van der Waals surface area (Å²) in [5, 5.41) is 9.67. The van der Waals surface area contributed by atoms with Gasteiger partial charge in [-0.25, -0.2) is 17.5 Å². The molecule has 32 heavy (non-hydrogen) atoms. The number of allylic oxidation sites excluding steroid dienone is 1. The van der Waals surface area contributed by atoms with Gasteiger partial charge in [0.15, 0.2) is 0 Å². The molecule has 5 nitrogen and oxygen atoms in total. The molecule has 0 saturated heterocycles. The molecule has 7 heteroatoms. The van der Waals surface area contributed by atoms with E-state index in [4.69, 9.17) is 0 Å². The van der Waals surface area contributed by atoms with Gasteiger partial charge in [-0.3, -0.25) is 4.79 Å². The maximum Gasteiger partial charge on any atom is 0.307 e. The van der Waals surface area contributed by atoms with Gasteiger partial charge in [-0.15, -0.1) is 0 Å². The van der Waals surface area contributed by atoms with Crippen LogP contribution in [0, 0.1) is 11.7 Å². The zero-order chi connectivity index (χ0) is 22.9. The van der Waals surface area contributed by atoms with Crippen molar-refractivity contribution >= 4 is 21.6 Å². The number of hydrogen-bond donors (Lipinski definition) is 2. The van der Waals surface area contributed by atoms with Crippen LogP contribution in [0.2, 0.25) is 0 Å². The Kier molecular flexibility index (Phi) is 6.49. The summed E-state index contributed by atoms with van der Waals surface area (Å²) < 4.78 is 41.9. The lowest BCUT2D eigenvalue weighted by Crippen LogP contribution is -2.21. The summed E-state index contributed by atoms with van der Waals surface area (Å²) in [5.74, 6) is -1.30. The molecule has 170 valence electrons. The molecular formula is C25H28FNO4S. The van der Waals surface area contributed by atoms with Gasteiger partial charge >= 0.3 is 5.97 Å². The smallest absolute Gasteiger partial charge is 0.307 e. The lowest BCUT2D eigenvalue weighted by atomic mass is 9.83. The minimum absolute atomic E-state index is 0.0691. The monoisotopic (exact) mass is 457 g/mol. The molecular weight excluding hydrogens is 429 g/mol. The standard InChI is InChI=1S/C25H28FNO4S/c1-27-32(30,31)24-12-11-19(26)14-22(24)18-7-4-6-17-10-9-16-5-2-3-8-20(16)23(15-25(28)29)21(17)13-18/h2-3,5,8,11-12,14,17-18,27H,4,6-7,9-10,13,15H2,1H3,(H,28,29). The van der Waals surface area contributed by atoms with E-state index >= 15 is 0 Å². The van der Waals surface area contributed by atoms with Crippen LogP contribution in [0.1, 0.15) is 61.1 Å². The molecule has 2 aliphatic rings. The number of rotatable bonds is 5. The third-order valence-electron chi connectivity index (χ3n) is 6.85. The number of nitrogens with one attached hydrogen (secondary N) is 1. The van der Waals surface area contributed by atoms with Crippen molar-refractivity contribution in [2.45, 2.75) is 55.8 Å². The van der Waals surface area contributed by atoms with Crippen molar-refractivity contribution in [3.8, 4) is 0 Å². The number of carbonyl (C=O) groups is 1. The van der Waals surface area contributed by atoms with Crippen molar-refractivity contribution in [2.24, 2.45) is 5.92 Å². The second-order valence-corrected chi connectivity index (χ2v) is 10.5. The topological polar surface area (TPSA) is 83.5 Å². The first kappa shape index (κ1) is 22.7. The van der Waals surface area contributed by atoms with Crippen LogP contribution < -0.4 is 4.72 Å². The Morgan fingerprint density at radius 2 is 1.88 bits per heavy atom. The van der Waals surface area contributed by atoms with Crippen LogP contribution in [-0.4, -0.2) is 26.5 Å². The molecule has 0 aliphatic heterocycles. The van der Waals surface area contributed by atoms with Gasteiger partial charge in [0.1, 0.15) is 5.82 Å². The molecule has 2 aromatic carbocycles. The number of sulfonamides is 1. The van der Waals surface area contributed by atoms with Gasteiger partial charge in [-0.2, -0.15) is 0 Å². The van der Waals surface area contributed by atoms with E-state index in [1.165, 1.54) is 25.2 Å². The fraction of sp³-hybridized carbons (Fsp3) is 0.400. The van der Waals surface area contributed by atoms with E-state index in [1.807, 2.05) is 18.2 Å². The molecule has 2 atom stereocenters. The largest absolute Gasteiger partial charge is 0.481 e. The predicted molar refractivity (Wildman–Crippen MR) is 121 cm³/mol. The number of carboxylic acid groups (broad SMARTS) is 1. The fourth-order valence-electron chi connectivity index (χ4n) is 5.36. The van der Waals surface area contributed by atoms with Gasteiger partial charge < -0.3 is 5.11 Å². The lowest BCUT2D eigenvalue weighted by Gasteiger charge is -2.23. The van der Waals surface area contributed by atoms with Gasteiger partial charge in [0.05, 0.1) is 11.3 Å². The van der Waals surface area contributed by atoms with Gasteiger partial charge in [0.25, 0.3) is 0 Å². The second kappa shape index (κ2) is 9.16. The van der Waals surface area contributed by atoms with Crippen LogP contribution in [0.25, 0.3) is 5.57 Å². The normalized spacial score (nSPS) is 21.3. The van der Waals surface area contributed by atoms with Crippen molar-refractivity contribution in [1.29, 1.82) is 0 Å². The van der Waals surface area contributed by atoms with E-state index in [9.17, 15) is 22.7 Å². The number of carboxylic acids is 1. The Hall–Kier alpha value is -2.51. The van der Waals surface area contributed by atoms with E-state index in [1.54, 1.807) is 0 Å². The van der Waals surface area contributed by atoms with E-state index < -0.39 is 21.8 Å².